The van der Waals surface area contributed by atoms with Gasteiger partial charge in [-0.2, -0.15) is 11.8 Å². The molecule has 2 N–H and O–H groups in total. The van der Waals surface area contributed by atoms with E-state index in [9.17, 15) is 14.7 Å². The van der Waals surface area contributed by atoms with Gasteiger partial charge in [-0.25, -0.2) is 4.79 Å². The van der Waals surface area contributed by atoms with E-state index in [1.165, 1.54) is 11.3 Å². The molecule has 3 heterocycles. The zero-order valence-electron chi connectivity index (χ0n) is 12.7. The van der Waals surface area contributed by atoms with Gasteiger partial charge in [0.25, 0.3) is 5.91 Å². The zero-order valence-corrected chi connectivity index (χ0v) is 14.3. The van der Waals surface area contributed by atoms with Crippen molar-refractivity contribution >= 4 is 35.0 Å². The molecule has 1 aromatic heterocycles. The van der Waals surface area contributed by atoms with E-state index in [1.807, 2.05) is 30.3 Å². The molecule has 0 aliphatic carbocycles. The molecule has 1 atom stereocenters. The van der Waals surface area contributed by atoms with Gasteiger partial charge in [0, 0.05) is 21.8 Å². The van der Waals surface area contributed by atoms with Crippen LogP contribution in [0.4, 0.5) is 0 Å². The van der Waals surface area contributed by atoms with Gasteiger partial charge in [-0.05, 0) is 30.4 Å². The maximum absolute atomic E-state index is 12.6. The highest BCUT2D eigenvalue weighted by Gasteiger charge is 2.43. The van der Waals surface area contributed by atoms with Crippen LogP contribution in [0.15, 0.2) is 30.3 Å². The minimum Gasteiger partial charge on any atom is -0.488 e. The number of carbonyl (C=O) groups is 2. The number of benzene rings is 1. The Morgan fingerprint density at radius 3 is 2.88 bits per heavy atom. The van der Waals surface area contributed by atoms with Crippen molar-refractivity contribution in [2.75, 3.05) is 11.5 Å². The predicted octanol–water partition coefficient (Wildman–Crippen LogP) is 3.00. The number of carboxylic acid groups (broad SMARTS) is 1. The first-order valence-electron chi connectivity index (χ1n) is 7.58. The summed E-state index contributed by atoms with van der Waals surface area (Å²) in [6, 6.07) is 9.54. The highest BCUT2D eigenvalue weighted by Crippen LogP contribution is 2.42. The van der Waals surface area contributed by atoms with E-state index in [0.717, 1.165) is 27.5 Å². The summed E-state index contributed by atoms with van der Waals surface area (Å²) in [7, 11) is 0. The first-order valence-corrected chi connectivity index (χ1v) is 9.55. The molecule has 24 heavy (non-hydrogen) atoms. The van der Waals surface area contributed by atoms with Gasteiger partial charge in [-0.15, -0.1) is 11.3 Å². The Bertz CT molecular complexity index is 824. The topological polar surface area (TPSA) is 75.6 Å². The highest BCUT2D eigenvalue weighted by molar-refractivity contribution is 7.99. The number of carboxylic acids is 1. The molecule has 0 radical (unpaired) electrons. The molecule has 1 saturated heterocycles. The molecule has 2 aliphatic rings. The molecule has 5 nitrogen and oxygen atoms in total. The van der Waals surface area contributed by atoms with Crippen LogP contribution in [0.2, 0.25) is 0 Å². The second kappa shape index (κ2) is 5.82. The van der Waals surface area contributed by atoms with Gasteiger partial charge in [0.2, 0.25) is 0 Å². The summed E-state index contributed by atoms with van der Waals surface area (Å²) in [4.78, 5) is 25.8. The van der Waals surface area contributed by atoms with Crippen molar-refractivity contribution in [3.8, 4) is 16.2 Å². The van der Waals surface area contributed by atoms with Crippen LogP contribution in [0.3, 0.4) is 0 Å². The Balaban J connectivity index is 1.64. The van der Waals surface area contributed by atoms with Crippen molar-refractivity contribution in [2.45, 2.75) is 18.6 Å². The number of hydrogen-bond donors (Lipinski definition) is 2. The Hall–Kier alpha value is -1.99. The van der Waals surface area contributed by atoms with Crippen LogP contribution < -0.4 is 10.1 Å². The summed E-state index contributed by atoms with van der Waals surface area (Å²) in [6.07, 6.45) is 0.454. The van der Waals surface area contributed by atoms with E-state index in [2.05, 4.69) is 5.32 Å². The summed E-state index contributed by atoms with van der Waals surface area (Å²) in [6.45, 7) is 0.427. The van der Waals surface area contributed by atoms with Crippen LogP contribution >= 0.6 is 23.1 Å². The van der Waals surface area contributed by atoms with Crippen molar-refractivity contribution in [2.24, 2.45) is 0 Å². The maximum atomic E-state index is 12.6. The van der Waals surface area contributed by atoms with E-state index < -0.39 is 11.5 Å². The molecule has 124 valence electrons. The fraction of sp³-hybridized carbons (Fsp3) is 0.294. The Morgan fingerprint density at radius 2 is 2.12 bits per heavy atom. The standard InChI is InChI=1S/C17H15NO4S2/c19-15(18-17(16(20)21)5-6-23-9-17)13-7-10-8-22-12-4-2-1-3-11(12)14(10)24-13/h1-4,7H,5-6,8-9H2,(H,18,19)(H,20,21). The number of carbonyl (C=O) groups excluding carboxylic acids is 1. The number of fused-ring (bicyclic) bond motifs is 3. The predicted molar refractivity (Wildman–Crippen MR) is 93.9 cm³/mol. The van der Waals surface area contributed by atoms with Crippen LogP contribution in [0.5, 0.6) is 5.75 Å². The van der Waals surface area contributed by atoms with E-state index in [1.54, 1.807) is 11.8 Å². The Morgan fingerprint density at radius 1 is 1.29 bits per heavy atom. The third-order valence-corrected chi connectivity index (χ3v) is 6.73. The minimum absolute atomic E-state index is 0.322. The normalized spacial score (nSPS) is 21.5. The van der Waals surface area contributed by atoms with E-state index in [0.29, 0.717) is 23.7 Å². The molecule has 1 unspecified atom stereocenters. The van der Waals surface area contributed by atoms with Gasteiger partial charge in [-0.3, -0.25) is 4.79 Å². The number of aliphatic carboxylic acids is 1. The van der Waals surface area contributed by atoms with Crippen LogP contribution in [0, 0.1) is 0 Å². The molecule has 4 rings (SSSR count). The van der Waals surface area contributed by atoms with Gasteiger partial charge < -0.3 is 15.2 Å². The summed E-state index contributed by atoms with van der Waals surface area (Å²) in [5, 5.41) is 12.3. The summed E-state index contributed by atoms with van der Waals surface area (Å²) in [5.74, 6) is 0.681. The van der Waals surface area contributed by atoms with Gasteiger partial charge in [0.1, 0.15) is 17.9 Å². The number of hydrogen-bond acceptors (Lipinski definition) is 5. The van der Waals surface area contributed by atoms with E-state index in [4.69, 9.17) is 4.74 Å². The molecule has 2 aromatic rings. The lowest BCUT2D eigenvalue weighted by Gasteiger charge is -2.24. The largest absolute Gasteiger partial charge is 0.488 e. The molecular weight excluding hydrogens is 346 g/mol. The number of nitrogens with one attached hydrogen (secondary N) is 1. The highest BCUT2D eigenvalue weighted by atomic mass is 32.2. The van der Waals surface area contributed by atoms with E-state index in [-0.39, 0.29) is 5.91 Å². The van der Waals surface area contributed by atoms with Crippen molar-refractivity contribution in [3.05, 3.63) is 40.8 Å². The first-order chi connectivity index (χ1) is 11.6. The molecule has 0 bridgehead atoms. The first kappa shape index (κ1) is 15.5. The minimum atomic E-state index is -1.15. The average molecular weight is 361 g/mol. The SMILES string of the molecule is O=C(NC1(C(=O)O)CCSC1)c1cc2c(s1)-c1ccccc1OC2. The maximum Gasteiger partial charge on any atom is 0.330 e. The van der Waals surface area contributed by atoms with Crippen LogP contribution in [0.25, 0.3) is 10.4 Å². The fourth-order valence-electron chi connectivity index (χ4n) is 2.98. The second-order valence-corrected chi connectivity index (χ2v) is 8.05. The van der Waals surface area contributed by atoms with Gasteiger partial charge >= 0.3 is 5.97 Å². The van der Waals surface area contributed by atoms with Crippen LogP contribution in [-0.4, -0.2) is 34.0 Å². The smallest absolute Gasteiger partial charge is 0.330 e. The lowest BCUT2D eigenvalue weighted by Crippen LogP contribution is -2.54. The Kier molecular flexibility index (Phi) is 3.77. The quantitative estimate of drug-likeness (QED) is 0.879. The van der Waals surface area contributed by atoms with Crippen molar-refractivity contribution in [3.63, 3.8) is 0 Å². The summed E-state index contributed by atoms with van der Waals surface area (Å²) in [5.41, 5.74) is 0.793. The number of rotatable bonds is 3. The molecule has 0 saturated carbocycles. The molecule has 2 aliphatic heterocycles. The van der Waals surface area contributed by atoms with Crippen LogP contribution in [0.1, 0.15) is 21.7 Å². The second-order valence-electron chi connectivity index (χ2n) is 5.89. The van der Waals surface area contributed by atoms with Gasteiger partial charge in [0.05, 0.1) is 4.88 Å². The Labute approximate surface area is 147 Å². The molecular formula is C17H15NO4S2. The van der Waals surface area contributed by atoms with Crippen LogP contribution in [-0.2, 0) is 11.4 Å². The van der Waals surface area contributed by atoms with Crippen molar-refractivity contribution < 1.29 is 19.4 Å². The third kappa shape index (κ3) is 2.48. The molecule has 1 aromatic carbocycles. The molecule has 1 amide bonds. The molecule has 0 spiro atoms. The number of para-hydroxylation sites is 1. The third-order valence-electron chi connectivity index (χ3n) is 4.33. The molecule has 7 heteroatoms. The van der Waals surface area contributed by atoms with E-state index >= 15 is 0 Å². The monoisotopic (exact) mass is 361 g/mol. The van der Waals surface area contributed by atoms with Gasteiger partial charge in [0.15, 0.2) is 0 Å². The summed E-state index contributed by atoms with van der Waals surface area (Å²) >= 11 is 2.94. The summed E-state index contributed by atoms with van der Waals surface area (Å²) < 4.78 is 5.71. The molecule has 1 fully saturated rings. The number of amides is 1. The van der Waals surface area contributed by atoms with Gasteiger partial charge in [-0.1, -0.05) is 12.1 Å². The lowest BCUT2D eigenvalue weighted by atomic mass is 9.99. The van der Waals surface area contributed by atoms with Crippen molar-refractivity contribution in [1.82, 2.24) is 5.32 Å². The van der Waals surface area contributed by atoms with Crippen molar-refractivity contribution in [1.29, 1.82) is 0 Å². The number of thioether (sulfide) groups is 1. The number of thiophene rings is 1. The average Bonchev–Trinajstić information content (AvgIpc) is 3.22. The lowest BCUT2D eigenvalue weighted by molar-refractivity contribution is -0.143. The fourth-order valence-corrected chi connectivity index (χ4v) is 5.39. The number of ether oxygens (including phenoxy) is 1. The zero-order chi connectivity index (χ0) is 16.7.